The summed E-state index contributed by atoms with van der Waals surface area (Å²) in [6.07, 6.45) is 6.96. The van der Waals surface area contributed by atoms with Crippen LogP contribution in [0.4, 0.5) is 34.8 Å². The smallest absolute Gasteiger partial charge is 0.261 e. The standard InChI is InChI=1S/C41H45ClF4N8O3/c1-22(2)53-21-48-28-17-26(49-35(33(28)53)50-27-16-25(30(42)32(44)31(27)43)36(55)51-41(7-8-41)37(45)46)23-15-29-34(47-20-23)40(9-13-57-14-10-40)38(56)54(29)24-18-39(3,19-24)52-11-5-4-6-12-52/h15-17,20-22,24,37H,4-14,18-19H2,1-3H3,(H,49,50)(H,51,55). The lowest BCUT2D eigenvalue weighted by atomic mass is 9.71. The Morgan fingerprint density at radius 1 is 1.00 bits per heavy atom. The van der Waals surface area contributed by atoms with Gasteiger partial charge in [0, 0.05) is 42.6 Å². The van der Waals surface area contributed by atoms with E-state index in [1.54, 1.807) is 18.6 Å². The number of piperidine rings is 1. The summed E-state index contributed by atoms with van der Waals surface area (Å²) < 4.78 is 66.0. The number of aromatic nitrogens is 4. The highest BCUT2D eigenvalue weighted by molar-refractivity contribution is 6.34. The fourth-order valence-electron chi connectivity index (χ4n) is 9.45. The van der Waals surface area contributed by atoms with E-state index in [0.29, 0.717) is 48.3 Å². The molecule has 2 saturated carbocycles. The minimum atomic E-state index is -2.84. The summed E-state index contributed by atoms with van der Waals surface area (Å²) in [5.74, 6) is -3.79. The number of hydrogen-bond acceptors (Lipinski definition) is 8. The number of nitrogens with one attached hydrogen (secondary N) is 2. The summed E-state index contributed by atoms with van der Waals surface area (Å²) in [5.41, 5.74) is -0.0388. The van der Waals surface area contributed by atoms with Crippen LogP contribution in [0.1, 0.15) is 101 Å². The average Bonchev–Trinajstić information content (AvgIpc) is 3.79. The van der Waals surface area contributed by atoms with E-state index in [0.717, 1.165) is 43.4 Å². The summed E-state index contributed by atoms with van der Waals surface area (Å²) in [5, 5.41) is 4.32. The van der Waals surface area contributed by atoms with Gasteiger partial charge >= 0.3 is 0 Å². The van der Waals surface area contributed by atoms with Gasteiger partial charge in [0.1, 0.15) is 11.1 Å². The molecule has 0 atom stereocenters. The van der Waals surface area contributed by atoms with Gasteiger partial charge in [-0.1, -0.05) is 18.0 Å². The van der Waals surface area contributed by atoms with E-state index in [1.807, 2.05) is 29.4 Å². The van der Waals surface area contributed by atoms with Crippen LogP contribution in [0, 0.1) is 11.6 Å². The molecular formula is C41H45ClF4N8O3. The highest BCUT2D eigenvalue weighted by Gasteiger charge is 2.58. The SMILES string of the molecule is CC(C)n1cnc2cc(-c3cnc4c(c3)N(C3CC(C)(N5CCCCC5)C3)C(=O)C43CCOCC3)nc(Nc3cc(C(=O)NC4(C(F)F)CC4)c(Cl)c(F)c3F)c21. The Morgan fingerprint density at radius 3 is 2.39 bits per heavy atom. The van der Waals surface area contributed by atoms with Crippen molar-refractivity contribution in [2.24, 2.45) is 0 Å². The Kier molecular flexibility index (Phi) is 9.31. The molecule has 4 aromatic rings. The summed E-state index contributed by atoms with van der Waals surface area (Å²) in [6, 6.07) is 4.61. The minimum Gasteiger partial charge on any atom is -0.381 e. The van der Waals surface area contributed by atoms with Crippen molar-refractivity contribution in [3.8, 4) is 11.3 Å². The second kappa shape index (κ2) is 13.9. The van der Waals surface area contributed by atoms with Crippen molar-refractivity contribution in [1.82, 2.24) is 29.7 Å². The molecule has 16 heteroatoms. The van der Waals surface area contributed by atoms with E-state index >= 15 is 8.78 Å². The molecule has 5 aliphatic rings. The lowest BCUT2D eigenvalue weighted by Crippen LogP contribution is -2.64. The Labute approximate surface area is 332 Å². The third-order valence-electron chi connectivity index (χ3n) is 13.0. The van der Waals surface area contributed by atoms with E-state index < -0.39 is 51.2 Å². The monoisotopic (exact) mass is 808 g/mol. The molecule has 1 spiro atoms. The number of amides is 2. The summed E-state index contributed by atoms with van der Waals surface area (Å²) >= 11 is 6.10. The number of rotatable bonds is 9. The number of pyridine rings is 2. The van der Waals surface area contributed by atoms with Gasteiger partial charge in [-0.25, -0.2) is 27.5 Å². The molecule has 0 bridgehead atoms. The van der Waals surface area contributed by atoms with E-state index in [1.165, 1.54) is 19.3 Å². The van der Waals surface area contributed by atoms with Crippen molar-refractivity contribution < 1.29 is 31.9 Å². The molecule has 302 valence electrons. The maximum Gasteiger partial charge on any atom is 0.261 e. The van der Waals surface area contributed by atoms with Crippen LogP contribution in [0.15, 0.2) is 30.7 Å². The van der Waals surface area contributed by atoms with Gasteiger partial charge in [0.15, 0.2) is 17.5 Å². The molecule has 2 amide bonds. The predicted octanol–water partition coefficient (Wildman–Crippen LogP) is 8.08. The van der Waals surface area contributed by atoms with Gasteiger partial charge in [0.05, 0.1) is 50.6 Å². The van der Waals surface area contributed by atoms with Crippen molar-refractivity contribution in [3.05, 3.63) is 58.6 Å². The van der Waals surface area contributed by atoms with Gasteiger partial charge in [0.2, 0.25) is 5.91 Å². The fraction of sp³-hybridized carbons (Fsp3) is 0.537. The van der Waals surface area contributed by atoms with Crippen molar-refractivity contribution in [1.29, 1.82) is 0 Å². The zero-order valence-electron chi connectivity index (χ0n) is 32.1. The van der Waals surface area contributed by atoms with Crippen molar-refractivity contribution in [2.45, 2.75) is 114 Å². The number of alkyl halides is 2. The molecule has 0 radical (unpaired) electrons. The Bertz CT molecular complexity index is 2280. The van der Waals surface area contributed by atoms with Gasteiger partial charge < -0.3 is 24.8 Å². The average molecular weight is 809 g/mol. The third-order valence-corrected chi connectivity index (χ3v) is 13.4. The fourth-order valence-corrected chi connectivity index (χ4v) is 9.67. The Hall–Kier alpha value is -4.34. The molecule has 9 rings (SSSR count). The largest absolute Gasteiger partial charge is 0.381 e. The molecule has 1 aromatic carbocycles. The number of fused-ring (bicyclic) bond motifs is 3. The van der Waals surface area contributed by atoms with Crippen LogP contribution in [0.2, 0.25) is 5.02 Å². The molecule has 2 aliphatic carbocycles. The normalized spacial score (nSPS) is 24.0. The molecule has 11 nitrogen and oxygen atoms in total. The molecule has 3 aromatic heterocycles. The predicted molar refractivity (Wildman–Crippen MR) is 207 cm³/mol. The van der Waals surface area contributed by atoms with Crippen molar-refractivity contribution in [2.75, 3.05) is 36.5 Å². The maximum absolute atomic E-state index is 15.7. The summed E-state index contributed by atoms with van der Waals surface area (Å²) in [7, 11) is 0. The molecule has 6 heterocycles. The number of ether oxygens (including phenoxy) is 1. The van der Waals surface area contributed by atoms with Crippen LogP contribution in [-0.2, 0) is 14.9 Å². The zero-order chi connectivity index (χ0) is 40.0. The van der Waals surface area contributed by atoms with E-state index in [2.05, 4.69) is 27.4 Å². The lowest BCUT2D eigenvalue weighted by molar-refractivity contribution is -0.128. The molecule has 2 saturated heterocycles. The third kappa shape index (κ3) is 6.17. The van der Waals surface area contributed by atoms with E-state index in [-0.39, 0.29) is 42.2 Å². The van der Waals surface area contributed by atoms with Crippen LogP contribution >= 0.6 is 11.6 Å². The lowest BCUT2D eigenvalue weighted by Gasteiger charge is -2.56. The van der Waals surface area contributed by atoms with Gasteiger partial charge in [-0.15, -0.1) is 0 Å². The molecular weight excluding hydrogens is 764 g/mol. The van der Waals surface area contributed by atoms with Crippen LogP contribution < -0.4 is 15.5 Å². The first kappa shape index (κ1) is 38.2. The van der Waals surface area contributed by atoms with Gasteiger partial charge in [0.25, 0.3) is 12.3 Å². The van der Waals surface area contributed by atoms with Crippen LogP contribution in [0.3, 0.4) is 0 Å². The first-order chi connectivity index (χ1) is 27.2. The first-order valence-electron chi connectivity index (χ1n) is 19.9. The Balaban J connectivity index is 1.11. The zero-order valence-corrected chi connectivity index (χ0v) is 32.9. The first-order valence-corrected chi connectivity index (χ1v) is 20.2. The van der Waals surface area contributed by atoms with E-state index in [4.69, 9.17) is 26.3 Å². The Morgan fingerprint density at radius 2 is 1.72 bits per heavy atom. The second-order valence-corrected chi connectivity index (χ2v) is 17.4. The molecule has 2 N–H and O–H groups in total. The molecule has 4 fully saturated rings. The highest BCUT2D eigenvalue weighted by Crippen LogP contribution is 2.53. The van der Waals surface area contributed by atoms with Gasteiger partial charge in [-0.3, -0.25) is 19.5 Å². The maximum atomic E-state index is 15.7. The van der Waals surface area contributed by atoms with Crippen molar-refractivity contribution in [3.63, 3.8) is 0 Å². The molecule has 0 unspecified atom stereocenters. The van der Waals surface area contributed by atoms with Crippen LogP contribution in [-0.4, -0.2) is 86.1 Å². The summed E-state index contributed by atoms with van der Waals surface area (Å²) in [6.45, 7) is 9.22. The number of benzene rings is 1. The van der Waals surface area contributed by atoms with Crippen LogP contribution in [0.5, 0.6) is 0 Å². The number of nitrogens with zero attached hydrogens (tertiary/aromatic N) is 6. The minimum absolute atomic E-state index is 0.00140. The molecule has 3 aliphatic heterocycles. The number of carbonyl (C=O) groups is 2. The van der Waals surface area contributed by atoms with E-state index in [9.17, 15) is 18.4 Å². The number of hydrogen-bond donors (Lipinski definition) is 2. The van der Waals surface area contributed by atoms with Gasteiger partial charge in [-0.05, 0) is 103 Å². The number of carbonyl (C=O) groups excluding carboxylic acids is 2. The number of anilines is 3. The molecule has 57 heavy (non-hydrogen) atoms. The highest BCUT2D eigenvalue weighted by atomic mass is 35.5. The number of imidazole rings is 1. The van der Waals surface area contributed by atoms with Gasteiger partial charge in [-0.2, -0.15) is 0 Å². The summed E-state index contributed by atoms with van der Waals surface area (Å²) in [4.78, 5) is 46.9. The second-order valence-electron chi connectivity index (χ2n) is 17.0. The van der Waals surface area contributed by atoms with Crippen molar-refractivity contribution >= 4 is 51.6 Å². The number of halogens is 5. The topological polar surface area (TPSA) is 118 Å². The number of likely N-dealkylation sites (tertiary alicyclic amines) is 1. The quantitative estimate of drug-likeness (QED) is 0.129. The van der Waals surface area contributed by atoms with Crippen LogP contribution in [0.25, 0.3) is 22.3 Å².